The minimum atomic E-state index is -0.277. The van der Waals surface area contributed by atoms with Gasteiger partial charge in [0.05, 0.1) is 6.61 Å². The molecule has 0 radical (unpaired) electrons. The molecule has 0 atom stereocenters. The van der Waals surface area contributed by atoms with Crippen LogP contribution < -0.4 is 11.6 Å². The first-order chi connectivity index (χ1) is 7.19. The largest absolute Gasteiger partial charge is 0.450 e. The van der Waals surface area contributed by atoms with Crippen molar-refractivity contribution in [2.75, 3.05) is 32.8 Å². The molecule has 7 nitrogen and oxygen atoms in total. The Morgan fingerprint density at radius 1 is 1.33 bits per heavy atom. The quantitative estimate of drug-likeness (QED) is 0.252. The van der Waals surface area contributed by atoms with Crippen LogP contribution in [0.15, 0.2) is 5.10 Å². The Kier molecular flexibility index (Phi) is 4.02. The maximum absolute atomic E-state index is 11.3. The predicted molar refractivity (Wildman–Crippen MR) is 56.0 cm³/mol. The van der Waals surface area contributed by atoms with Gasteiger partial charge in [0.25, 0.3) is 0 Å². The Hall–Kier alpha value is -1.66. The topological polar surface area (TPSA) is 97.2 Å². The van der Waals surface area contributed by atoms with Crippen LogP contribution in [-0.2, 0) is 4.74 Å². The average Bonchev–Trinajstić information content (AvgIpc) is 2.28. The van der Waals surface area contributed by atoms with Gasteiger partial charge in [0, 0.05) is 26.2 Å². The van der Waals surface area contributed by atoms with E-state index < -0.39 is 0 Å². The standard InChI is InChI=1S/C8H17N5O2/c1-2-15-8(14)13-5-3-12(4-6-13)7(9)11-10/h2-6,10H2,1H3,(H2,9,11). The normalized spacial score (nSPS) is 17.8. The Bertz CT molecular complexity index is 247. The smallest absolute Gasteiger partial charge is 0.409 e. The first-order valence-electron chi connectivity index (χ1n) is 4.89. The van der Waals surface area contributed by atoms with Crippen molar-refractivity contribution in [2.24, 2.45) is 16.7 Å². The number of ether oxygens (including phenoxy) is 1. The van der Waals surface area contributed by atoms with Crippen molar-refractivity contribution in [1.82, 2.24) is 9.80 Å². The predicted octanol–water partition coefficient (Wildman–Crippen LogP) is -1.05. The van der Waals surface area contributed by atoms with Gasteiger partial charge in [-0.15, -0.1) is 5.10 Å². The summed E-state index contributed by atoms with van der Waals surface area (Å²) in [6.45, 7) is 4.60. The molecule has 0 spiro atoms. The van der Waals surface area contributed by atoms with E-state index in [1.807, 2.05) is 4.90 Å². The summed E-state index contributed by atoms with van der Waals surface area (Å²) in [6, 6.07) is 0. The molecule has 86 valence electrons. The second-order valence-corrected chi connectivity index (χ2v) is 3.16. The second kappa shape index (κ2) is 5.28. The van der Waals surface area contributed by atoms with Crippen LogP contribution in [-0.4, -0.2) is 54.6 Å². The van der Waals surface area contributed by atoms with Crippen LogP contribution in [0.5, 0.6) is 0 Å². The van der Waals surface area contributed by atoms with E-state index in [4.69, 9.17) is 16.3 Å². The molecule has 4 N–H and O–H groups in total. The van der Waals surface area contributed by atoms with Gasteiger partial charge in [0.2, 0.25) is 5.96 Å². The highest BCUT2D eigenvalue weighted by atomic mass is 16.6. The number of guanidine groups is 1. The second-order valence-electron chi connectivity index (χ2n) is 3.16. The summed E-state index contributed by atoms with van der Waals surface area (Å²) in [6.07, 6.45) is -0.277. The van der Waals surface area contributed by atoms with Gasteiger partial charge >= 0.3 is 6.09 Å². The number of nitrogens with zero attached hydrogens (tertiary/aromatic N) is 3. The maximum Gasteiger partial charge on any atom is 0.409 e. The highest BCUT2D eigenvalue weighted by Gasteiger charge is 2.22. The lowest BCUT2D eigenvalue weighted by Crippen LogP contribution is -2.52. The maximum atomic E-state index is 11.3. The molecule has 1 amide bonds. The van der Waals surface area contributed by atoms with E-state index in [0.717, 1.165) is 0 Å². The monoisotopic (exact) mass is 215 g/mol. The number of hydrogen-bond donors (Lipinski definition) is 2. The van der Waals surface area contributed by atoms with Crippen LogP contribution in [0.25, 0.3) is 0 Å². The first kappa shape index (κ1) is 11.4. The van der Waals surface area contributed by atoms with E-state index >= 15 is 0 Å². The molecule has 1 fully saturated rings. The summed E-state index contributed by atoms with van der Waals surface area (Å²) < 4.78 is 4.89. The van der Waals surface area contributed by atoms with E-state index in [1.54, 1.807) is 11.8 Å². The van der Waals surface area contributed by atoms with Gasteiger partial charge in [-0.2, -0.15) is 0 Å². The minimum absolute atomic E-state index is 0.277. The molecule has 0 unspecified atom stereocenters. The fourth-order valence-electron chi connectivity index (χ4n) is 1.41. The van der Waals surface area contributed by atoms with Crippen LogP contribution in [0.4, 0.5) is 4.79 Å². The fourth-order valence-corrected chi connectivity index (χ4v) is 1.41. The molecule has 1 aliphatic heterocycles. The average molecular weight is 215 g/mol. The van der Waals surface area contributed by atoms with Crippen molar-refractivity contribution in [3.8, 4) is 0 Å². The Labute approximate surface area is 88.6 Å². The van der Waals surface area contributed by atoms with Gasteiger partial charge in [-0.05, 0) is 6.92 Å². The van der Waals surface area contributed by atoms with Crippen molar-refractivity contribution < 1.29 is 9.53 Å². The van der Waals surface area contributed by atoms with Crippen LogP contribution in [0.1, 0.15) is 6.92 Å². The summed E-state index contributed by atoms with van der Waals surface area (Å²) in [4.78, 5) is 14.8. The Morgan fingerprint density at radius 2 is 1.87 bits per heavy atom. The molecule has 7 heteroatoms. The van der Waals surface area contributed by atoms with Gasteiger partial charge in [-0.1, -0.05) is 0 Å². The number of rotatable bonds is 1. The van der Waals surface area contributed by atoms with E-state index in [0.29, 0.717) is 38.7 Å². The molecule has 0 bridgehead atoms. The molecule has 1 aliphatic rings. The summed E-state index contributed by atoms with van der Waals surface area (Å²) in [5.41, 5.74) is 5.54. The summed E-state index contributed by atoms with van der Waals surface area (Å²) in [7, 11) is 0. The molecule has 15 heavy (non-hydrogen) atoms. The van der Waals surface area contributed by atoms with E-state index in [2.05, 4.69) is 5.10 Å². The minimum Gasteiger partial charge on any atom is -0.450 e. The number of carbonyl (C=O) groups is 1. The number of carbonyl (C=O) groups excluding carboxylic acids is 1. The lowest BCUT2D eigenvalue weighted by atomic mass is 10.3. The van der Waals surface area contributed by atoms with Crippen molar-refractivity contribution >= 4 is 12.1 Å². The SMILES string of the molecule is CCOC(=O)N1CCN(C(N)=NN)CC1. The first-order valence-corrected chi connectivity index (χ1v) is 4.89. The molecule has 0 aromatic heterocycles. The number of nitrogens with two attached hydrogens (primary N) is 2. The highest BCUT2D eigenvalue weighted by Crippen LogP contribution is 2.03. The molecule has 1 saturated heterocycles. The van der Waals surface area contributed by atoms with Crippen molar-refractivity contribution in [3.05, 3.63) is 0 Å². The fraction of sp³-hybridized carbons (Fsp3) is 0.750. The molecule has 0 aliphatic carbocycles. The van der Waals surface area contributed by atoms with Gasteiger partial charge in [0.15, 0.2) is 0 Å². The lowest BCUT2D eigenvalue weighted by Gasteiger charge is -2.34. The highest BCUT2D eigenvalue weighted by molar-refractivity contribution is 5.78. The van der Waals surface area contributed by atoms with Gasteiger partial charge < -0.3 is 26.1 Å². The zero-order valence-corrected chi connectivity index (χ0v) is 8.85. The van der Waals surface area contributed by atoms with E-state index in [-0.39, 0.29) is 6.09 Å². The molecule has 1 heterocycles. The third kappa shape index (κ3) is 2.90. The zero-order chi connectivity index (χ0) is 11.3. The van der Waals surface area contributed by atoms with Crippen molar-refractivity contribution in [3.63, 3.8) is 0 Å². The Balaban J connectivity index is 2.39. The van der Waals surface area contributed by atoms with Gasteiger partial charge in [0.1, 0.15) is 0 Å². The van der Waals surface area contributed by atoms with E-state index in [9.17, 15) is 4.79 Å². The van der Waals surface area contributed by atoms with Crippen LogP contribution in [0.3, 0.4) is 0 Å². The van der Waals surface area contributed by atoms with Crippen LogP contribution in [0.2, 0.25) is 0 Å². The summed E-state index contributed by atoms with van der Waals surface area (Å²) in [5.74, 6) is 5.37. The molecular formula is C8H17N5O2. The molecule has 1 rings (SSSR count). The number of amides is 1. The third-order valence-corrected chi connectivity index (χ3v) is 2.26. The lowest BCUT2D eigenvalue weighted by molar-refractivity contribution is 0.0918. The Morgan fingerprint density at radius 3 is 2.33 bits per heavy atom. The summed E-state index contributed by atoms with van der Waals surface area (Å²) >= 11 is 0. The number of hydrogen-bond acceptors (Lipinski definition) is 4. The zero-order valence-electron chi connectivity index (χ0n) is 8.85. The molecule has 0 aromatic carbocycles. The van der Waals surface area contributed by atoms with Crippen LogP contribution >= 0.6 is 0 Å². The summed E-state index contributed by atoms with van der Waals surface area (Å²) in [5, 5.41) is 3.40. The molecule has 0 aromatic rings. The van der Waals surface area contributed by atoms with Crippen LogP contribution in [0, 0.1) is 0 Å². The number of piperazine rings is 1. The number of hydrazone groups is 1. The molecule has 0 saturated carbocycles. The van der Waals surface area contributed by atoms with Crippen molar-refractivity contribution in [1.29, 1.82) is 0 Å². The molecular weight excluding hydrogens is 198 g/mol. The van der Waals surface area contributed by atoms with Crippen molar-refractivity contribution in [2.45, 2.75) is 6.92 Å². The van der Waals surface area contributed by atoms with E-state index in [1.165, 1.54) is 0 Å². The third-order valence-electron chi connectivity index (χ3n) is 2.26. The van der Waals surface area contributed by atoms with Gasteiger partial charge in [-0.25, -0.2) is 4.79 Å². The van der Waals surface area contributed by atoms with Gasteiger partial charge in [-0.3, -0.25) is 0 Å².